The normalized spacial score (nSPS) is 23.6. The van der Waals surface area contributed by atoms with Crippen LogP contribution < -0.4 is 16.0 Å². The van der Waals surface area contributed by atoms with Crippen molar-refractivity contribution in [2.75, 3.05) is 30.3 Å². The van der Waals surface area contributed by atoms with Gasteiger partial charge in [-0.25, -0.2) is 9.59 Å². The van der Waals surface area contributed by atoms with Gasteiger partial charge in [0.05, 0.1) is 5.41 Å². The van der Waals surface area contributed by atoms with Crippen LogP contribution in [0.5, 0.6) is 0 Å². The fraction of sp³-hybridized carbons (Fsp3) is 0.526. The Balaban J connectivity index is 1.70. The summed E-state index contributed by atoms with van der Waals surface area (Å²) in [7, 11) is 0. The number of amides is 4. The molecule has 0 bridgehead atoms. The van der Waals surface area contributed by atoms with Crippen LogP contribution in [0.4, 0.5) is 21.0 Å². The average Bonchev–Trinajstić information content (AvgIpc) is 3.17. The molecule has 4 amide bonds. The number of fused-ring (bicyclic) bond motifs is 1. The lowest BCUT2D eigenvalue weighted by atomic mass is 9.81. The first-order chi connectivity index (χ1) is 12.9. The molecule has 1 saturated carbocycles. The first kappa shape index (κ1) is 19.0. The molecule has 1 aliphatic heterocycles. The molecule has 2 aliphatic rings. The standard InChI is InChI=1S/C19H26N4O4/c1-3-20-17(26)21-14-7-4-8-15(12(14)2)22-18(27)23-10-13-6-5-9-19(13,11-23)16(24)25/h4,7-8,13H,3,5-6,9-11H2,1-2H3,(H,22,27)(H,24,25)(H2,20,21,26)/t13-,19+/m0/s1. The molecule has 27 heavy (non-hydrogen) atoms. The fourth-order valence-corrected chi connectivity index (χ4v) is 4.22. The summed E-state index contributed by atoms with van der Waals surface area (Å²) in [6.07, 6.45) is 2.38. The molecule has 8 nitrogen and oxygen atoms in total. The molecule has 1 heterocycles. The van der Waals surface area contributed by atoms with Crippen LogP contribution in [0, 0.1) is 18.3 Å². The van der Waals surface area contributed by atoms with Gasteiger partial charge in [-0.2, -0.15) is 0 Å². The van der Waals surface area contributed by atoms with Crippen molar-refractivity contribution in [3.05, 3.63) is 23.8 Å². The number of carboxylic acids is 1. The second-order valence-corrected chi connectivity index (χ2v) is 7.32. The maximum Gasteiger partial charge on any atom is 0.321 e. The summed E-state index contributed by atoms with van der Waals surface area (Å²) >= 11 is 0. The Bertz CT molecular complexity index is 766. The number of carboxylic acid groups (broad SMARTS) is 1. The van der Waals surface area contributed by atoms with Gasteiger partial charge in [-0.1, -0.05) is 12.5 Å². The van der Waals surface area contributed by atoms with Crippen LogP contribution in [-0.2, 0) is 4.79 Å². The summed E-state index contributed by atoms with van der Waals surface area (Å²) < 4.78 is 0. The van der Waals surface area contributed by atoms with E-state index in [2.05, 4.69) is 16.0 Å². The molecule has 146 valence electrons. The molecule has 1 saturated heterocycles. The number of benzene rings is 1. The number of aliphatic carboxylic acids is 1. The minimum Gasteiger partial charge on any atom is -0.481 e. The van der Waals surface area contributed by atoms with E-state index in [1.807, 2.05) is 13.8 Å². The van der Waals surface area contributed by atoms with Crippen molar-refractivity contribution in [3.63, 3.8) is 0 Å². The van der Waals surface area contributed by atoms with Crippen LogP contribution in [0.15, 0.2) is 18.2 Å². The van der Waals surface area contributed by atoms with Crippen LogP contribution in [0.2, 0.25) is 0 Å². The Morgan fingerprint density at radius 1 is 1.26 bits per heavy atom. The molecule has 0 spiro atoms. The summed E-state index contributed by atoms with van der Waals surface area (Å²) in [6.45, 7) is 4.87. The number of anilines is 2. The number of hydrogen-bond acceptors (Lipinski definition) is 3. The molecule has 1 aliphatic carbocycles. The van der Waals surface area contributed by atoms with Crippen molar-refractivity contribution < 1.29 is 19.5 Å². The fourth-order valence-electron chi connectivity index (χ4n) is 4.22. The highest BCUT2D eigenvalue weighted by atomic mass is 16.4. The molecule has 4 N–H and O–H groups in total. The average molecular weight is 374 g/mol. The third kappa shape index (κ3) is 3.56. The van der Waals surface area contributed by atoms with Gasteiger partial charge in [0.2, 0.25) is 0 Å². The smallest absolute Gasteiger partial charge is 0.321 e. The third-order valence-electron chi connectivity index (χ3n) is 5.74. The second-order valence-electron chi connectivity index (χ2n) is 7.32. The molecule has 2 atom stereocenters. The van der Waals surface area contributed by atoms with Crippen LogP contribution in [-0.4, -0.2) is 47.7 Å². The zero-order valence-electron chi connectivity index (χ0n) is 15.7. The number of nitrogens with zero attached hydrogens (tertiary/aromatic N) is 1. The van der Waals surface area contributed by atoms with Crippen LogP contribution in [0.3, 0.4) is 0 Å². The Kier molecular flexibility index (Phi) is 5.25. The van der Waals surface area contributed by atoms with Gasteiger partial charge in [-0.05, 0) is 50.3 Å². The number of carbonyl (C=O) groups is 3. The summed E-state index contributed by atoms with van der Waals surface area (Å²) in [5.41, 5.74) is 1.15. The summed E-state index contributed by atoms with van der Waals surface area (Å²) in [5.74, 6) is -0.780. The van der Waals surface area contributed by atoms with E-state index in [4.69, 9.17) is 0 Å². The van der Waals surface area contributed by atoms with E-state index >= 15 is 0 Å². The minimum absolute atomic E-state index is 0.0209. The maximum absolute atomic E-state index is 12.7. The molecular weight excluding hydrogens is 348 g/mol. The molecule has 3 rings (SSSR count). The van der Waals surface area contributed by atoms with Crippen molar-refractivity contribution >= 4 is 29.4 Å². The molecule has 8 heteroatoms. The Labute approximate surface area is 158 Å². The van der Waals surface area contributed by atoms with Crippen molar-refractivity contribution in [2.24, 2.45) is 11.3 Å². The van der Waals surface area contributed by atoms with Crippen molar-refractivity contribution in [1.29, 1.82) is 0 Å². The summed E-state index contributed by atoms with van der Waals surface area (Å²) in [5, 5.41) is 17.9. The van der Waals surface area contributed by atoms with Crippen LogP contribution in [0.1, 0.15) is 31.7 Å². The summed E-state index contributed by atoms with van der Waals surface area (Å²) in [4.78, 5) is 37.8. The van der Waals surface area contributed by atoms with Gasteiger partial charge < -0.3 is 26.0 Å². The molecule has 1 aromatic rings. The first-order valence-electron chi connectivity index (χ1n) is 9.31. The van der Waals surface area contributed by atoms with Gasteiger partial charge in [0.1, 0.15) is 0 Å². The lowest BCUT2D eigenvalue weighted by Gasteiger charge is -2.23. The number of hydrogen-bond donors (Lipinski definition) is 4. The van der Waals surface area contributed by atoms with Crippen molar-refractivity contribution in [3.8, 4) is 0 Å². The maximum atomic E-state index is 12.7. The lowest BCUT2D eigenvalue weighted by molar-refractivity contribution is -0.149. The Morgan fingerprint density at radius 3 is 2.59 bits per heavy atom. The van der Waals surface area contributed by atoms with Crippen molar-refractivity contribution in [1.82, 2.24) is 10.2 Å². The minimum atomic E-state index is -0.801. The number of rotatable bonds is 4. The molecule has 0 unspecified atom stereocenters. The highest BCUT2D eigenvalue weighted by Gasteiger charge is 2.55. The second kappa shape index (κ2) is 7.46. The predicted molar refractivity (Wildman–Crippen MR) is 102 cm³/mol. The van der Waals surface area contributed by atoms with Gasteiger partial charge in [0, 0.05) is 31.0 Å². The zero-order valence-corrected chi connectivity index (χ0v) is 15.7. The van der Waals surface area contributed by atoms with E-state index < -0.39 is 11.4 Å². The predicted octanol–water partition coefficient (Wildman–Crippen LogP) is 2.86. The van der Waals surface area contributed by atoms with E-state index in [0.717, 1.165) is 18.4 Å². The van der Waals surface area contributed by atoms with E-state index in [-0.39, 0.29) is 24.5 Å². The first-order valence-corrected chi connectivity index (χ1v) is 9.31. The van der Waals surface area contributed by atoms with E-state index in [1.54, 1.807) is 23.1 Å². The van der Waals surface area contributed by atoms with Crippen molar-refractivity contribution in [2.45, 2.75) is 33.1 Å². The molecule has 0 aromatic heterocycles. The van der Waals surface area contributed by atoms with E-state index in [1.165, 1.54) is 0 Å². The van der Waals surface area contributed by atoms with Crippen LogP contribution >= 0.6 is 0 Å². The number of urea groups is 2. The van der Waals surface area contributed by atoms with Gasteiger partial charge in [0.15, 0.2) is 0 Å². The van der Waals surface area contributed by atoms with Gasteiger partial charge in [-0.3, -0.25) is 4.79 Å². The van der Waals surface area contributed by atoms with E-state index in [0.29, 0.717) is 30.9 Å². The molecular formula is C19H26N4O4. The topological polar surface area (TPSA) is 111 Å². The van der Waals surface area contributed by atoms with Gasteiger partial charge in [0.25, 0.3) is 0 Å². The van der Waals surface area contributed by atoms with E-state index in [9.17, 15) is 19.5 Å². The SMILES string of the molecule is CCNC(=O)Nc1cccc(NC(=O)N2C[C@@H]3CCC[C@@]3(C(=O)O)C2)c1C. The summed E-state index contributed by atoms with van der Waals surface area (Å²) in [6, 6.07) is 4.67. The van der Waals surface area contributed by atoms with Gasteiger partial charge >= 0.3 is 18.0 Å². The Hall–Kier alpha value is -2.77. The van der Waals surface area contributed by atoms with Gasteiger partial charge in [-0.15, -0.1) is 0 Å². The quantitative estimate of drug-likeness (QED) is 0.649. The largest absolute Gasteiger partial charge is 0.481 e. The Morgan fingerprint density at radius 2 is 1.96 bits per heavy atom. The third-order valence-corrected chi connectivity index (χ3v) is 5.74. The zero-order chi connectivity index (χ0) is 19.6. The molecule has 1 aromatic carbocycles. The monoisotopic (exact) mass is 374 g/mol. The van der Waals surface area contributed by atoms with Crippen LogP contribution in [0.25, 0.3) is 0 Å². The number of carbonyl (C=O) groups excluding carboxylic acids is 2. The lowest BCUT2D eigenvalue weighted by Crippen LogP contribution is -2.38. The molecule has 0 radical (unpaired) electrons. The highest BCUT2D eigenvalue weighted by molar-refractivity contribution is 5.95. The number of nitrogens with one attached hydrogen (secondary N) is 3. The number of likely N-dealkylation sites (tertiary alicyclic amines) is 1. The molecule has 2 fully saturated rings. The highest BCUT2D eigenvalue weighted by Crippen LogP contribution is 2.49.